The molecule has 0 bridgehead atoms. The summed E-state index contributed by atoms with van der Waals surface area (Å²) in [5, 5.41) is 3.44. The molecule has 0 spiro atoms. The normalized spacial score (nSPS) is 12.8. The molecule has 0 heterocycles. The average molecular weight is 371 g/mol. The highest BCUT2D eigenvalue weighted by Gasteiger charge is 2.20. The third-order valence-electron chi connectivity index (χ3n) is 3.21. The second-order valence-corrected chi connectivity index (χ2v) is 7.21. The Bertz CT molecular complexity index is 486. The minimum Gasteiger partial charge on any atom is -0.444 e. The van der Waals surface area contributed by atoms with Crippen LogP contribution in [0, 0.1) is 0 Å². The summed E-state index contributed by atoms with van der Waals surface area (Å²) in [6.07, 6.45) is -0.257. The van der Waals surface area contributed by atoms with E-state index in [1.165, 1.54) is 5.56 Å². The molecule has 0 aliphatic carbocycles. The molecule has 0 saturated carbocycles. The van der Waals surface area contributed by atoms with E-state index in [-0.39, 0.29) is 12.1 Å². The molecular weight excluding hydrogens is 344 g/mol. The lowest BCUT2D eigenvalue weighted by Crippen LogP contribution is -2.40. The number of ether oxygens (including phenoxy) is 1. The van der Waals surface area contributed by atoms with Crippen LogP contribution in [-0.2, 0) is 4.74 Å². The van der Waals surface area contributed by atoms with Crippen LogP contribution < -0.4 is 5.32 Å². The van der Waals surface area contributed by atoms with Gasteiger partial charge in [0.1, 0.15) is 5.60 Å². The minimum absolute atomic E-state index is 0.231. The van der Waals surface area contributed by atoms with Gasteiger partial charge in [-0.1, -0.05) is 28.1 Å². The number of rotatable bonds is 6. The number of halogens is 1. The summed E-state index contributed by atoms with van der Waals surface area (Å²) in [4.78, 5) is 13.8. The Labute approximate surface area is 142 Å². The monoisotopic (exact) mass is 370 g/mol. The zero-order valence-corrected chi connectivity index (χ0v) is 15.7. The first-order valence-electron chi connectivity index (χ1n) is 7.69. The second kappa shape index (κ2) is 8.53. The molecule has 0 saturated heterocycles. The van der Waals surface area contributed by atoms with E-state index in [0.717, 1.165) is 11.0 Å². The van der Waals surface area contributed by atoms with E-state index in [1.54, 1.807) is 4.90 Å². The van der Waals surface area contributed by atoms with Crippen LogP contribution >= 0.6 is 15.9 Å². The highest BCUT2D eigenvalue weighted by atomic mass is 79.9. The molecule has 5 heteroatoms. The van der Waals surface area contributed by atoms with Crippen LogP contribution in [0.4, 0.5) is 4.79 Å². The van der Waals surface area contributed by atoms with Crippen LogP contribution in [0.2, 0.25) is 0 Å². The maximum absolute atomic E-state index is 12.0. The number of carbonyl (C=O) groups excluding carboxylic acids is 1. The maximum atomic E-state index is 12.0. The van der Waals surface area contributed by atoms with Crippen LogP contribution in [0.25, 0.3) is 0 Å². The topological polar surface area (TPSA) is 41.6 Å². The van der Waals surface area contributed by atoms with E-state index in [9.17, 15) is 4.79 Å². The van der Waals surface area contributed by atoms with E-state index in [0.29, 0.717) is 13.1 Å². The zero-order chi connectivity index (χ0) is 16.8. The van der Waals surface area contributed by atoms with E-state index in [1.807, 2.05) is 39.8 Å². The Morgan fingerprint density at radius 2 is 2.09 bits per heavy atom. The van der Waals surface area contributed by atoms with Crippen molar-refractivity contribution in [2.45, 2.75) is 46.3 Å². The lowest BCUT2D eigenvalue weighted by Gasteiger charge is -2.27. The summed E-state index contributed by atoms with van der Waals surface area (Å²) in [7, 11) is 0. The molecule has 0 aromatic heterocycles. The molecule has 1 amide bonds. The molecule has 4 nitrogen and oxygen atoms in total. The van der Waals surface area contributed by atoms with Gasteiger partial charge >= 0.3 is 6.09 Å². The number of likely N-dealkylation sites (N-methyl/N-ethyl adjacent to an activating group) is 1. The van der Waals surface area contributed by atoms with Crippen molar-refractivity contribution >= 4 is 22.0 Å². The molecular formula is C17H27BrN2O2. The third-order valence-corrected chi connectivity index (χ3v) is 3.71. The summed E-state index contributed by atoms with van der Waals surface area (Å²) < 4.78 is 6.47. The van der Waals surface area contributed by atoms with Crippen molar-refractivity contribution in [3.05, 3.63) is 34.3 Å². The van der Waals surface area contributed by atoms with Crippen LogP contribution in [0.3, 0.4) is 0 Å². The van der Waals surface area contributed by atoms with E-state index < -0.39 is 5.60 Å². The van der Waals surface area contributed by atoms with Crippen molar-refractivity contribution < 1.29 is 9.53 Å². The van der Waals surface area contributed by atoms with Crippen molar-refractivity contribution in [3.63, 3.8) is 0 Å². The Hall–Kier alpha value is -1.07. The fourth-order valence-corrected chi connectivity index (χ4v) is 2.43. The molecule has 0 aliphatic heterocycles. The first-order chi connectivity index (χ1) is 10.2. The predicted molar refractivity (Wildman–Crippen MR) is 94.0 cm³/mol. The molecule has 1 rings (SSSR count). The van der Waals surface area contributed by atoms with Crippen molar-refractivity contribution in [2.75, 3.05) is 19.6 Å². The molecule has 1 unspecified atom stereocenters. The number of nitrogens with zero attached hydrogens (tertiary/aromatic N) is 1. The maximum Gasteiger partial charge on any atom is 0.410 e. The van der Waals surface area contributed by atoms with Gasteiger partial charge in [-0.15, -0.1) is 0 Å². The number of nitrogens with one attached hydrogen (secondary N) is 1. The van der Waals surface area contributed by atoms with Gasteiger partial charge in [0, 0.05) is 30.1 Å². The van der Waals surface area contributed by atoms with E-state index in [4.69, 9.17) is 4.74 Å². The van der Waals surface area contributed by atoms with Gasteiger partial charge in [0.15, 0.2) is 0 Å². The molecule has 0 radical (unpaired) electrons. The van der Waals surface area contributed by atoms with Gasteiger partial charge in [-0.25, -0.2) is 4.79 Å². The highest BCUT2D eigenvalue weighted by molar-refractivity contribution is 9.10. The summed E-state index contributed by atoms with van der Waals surface area (Å²) in [6, 6.07) is 8.46. The van der Waals surface area contributed by atoms with Crippen LogP contribution in [0.1, 0.15) is 46.2 Å². The number of amides is 1. The molecule has 0 aliphatic rings. The van der Waals surface area contributed by atoms with E-state index in [2.05, 4.69) is 40.3 Å². The quantitative estimate of drug-likeness (QED) is 0.808. The highest BCUT2D eigenvalue weighted by Crippen LogP contribution is 2.17. The van der Waals surface area contributed by atoms with E-state index >= 15 is 0 Å². The van der Waals surface area contributed by atoms with Crippen LogP contribution in [0.15, 0.2) is 28.7 Å². The van der Waals surface area contributed by atoms with Gasteiger partial charge in [0.2, 0.25) is 0 Å². The lowest BCUT2D eigenvalue weighted by molar-refractivity contribution is 0.0261. The first-order valence-corrected chi connectivity index (χ1v) is 8.49. The zero-order valence-electron chi connectivity index (χ0n) is 14.1. The SMILES string of the molecule is CCN(CCNC(C)c1cccc(Br)c1)C(=O)OC(C)(C)C. The largest absolute Gasteiger partial charge is 0.444 e. The molecule has 0 fully saturated rings. The minimum atomic E-state index is -0.457. The van der Waals surface area contributed by atoms with Gasteiger partial charge < -0.3 is 15.0 Å². The molecule has 124 valence electrons. The Morgan fingerprint density at radius 1 is 1.41 bits per heavy atom. The van der Waals surface area contributed by atoms with Crippen molar-refractivity contribution in [1.82, 2.24) is 10.2 Å². The number of benzene rings is 1. The van der Waals surface area contributed by atoms with Crippen molar-refractivity contribution in [3.8, 4) is 0 Å². The standard InChI is InChI=1S/C17H27BrN2O2/c1-6-20(16(21)22-17(3,4)5)11-10-19-13(2)14-8-7-9-15(18)12-14/h7-9,12-13,19H,6,10-11H2,1-5H3. The molecule has 1 aromatic carbocycles. The Kier molecular flexibility index (Phi) is 7.36. The van der Waals surface area contributed by atoms with Gasteiger partial charge in [-0.2, -0.15) is 0 Å². The van der Waals surface area contributed by atoms with Gasteiger partial charge in [-0.3, -0.25) is 0 Å². The lowest BCUT2D eigenvalue weighted by atomic mass is 10.1. The molecule has 1 aromatic rings. The van der Waals surface area contributed by atoms with Crippen molar-refractivity contribution in [1.29, 1.82) is 0 Å². The summed E-state index contributed by atoms with van der Waals surface area (Å²) in [5.41, 5.74) is 0.761. The van der Waals surface area contributed by atoms with Crippen LogP contribution in [-0.4, -0.2) is 36.2 Å². The average Bonchev–Trinajstić information content (AvgIpc) is 2.41. The van der Waals surface area contributed by atoms with Gasteiger partial charge in [0.25, 0.3) is 0 Å². The first kappa shape index (κ1) is 19.0. The summed E-state index contributed by atoms with van der Waals surface area (Å²) >= 11 is 3.48. The van der Waals surface area contributed by atoms with Crippen LogP contribution in [0.5, 0.6) is 0 Å². The number of hydrogen-bond acceptors (Lipinski definition) is 3. The second-order valence-electron chi connectivity index (χ2n) is 6.29. The van der Waals surface area contributed by atoms with Crippen molar-refractivity contribution in [2.24, 2.45) is 0 Å². The third kappa shape index (κ3) is 6.79. The van der Waals surface area contributed by atoms with Gasteiger partial charge in [-0.05, 0) is 52.3 Å². The summed E-state index contributed by atoms with van der Waals surface area (Å²) in [5.74, 6) is 0. The Balaban J connectivity index is 2.45. The Morgan fingerprint density at radius 3 is 2.64 bits per heavy atom. The number of hydrogen-bond donors (Lipinski definition) is 1. The number of carbonyl (C=O) groups is 1. The molecule has 1 N–H and O–H groups in total. The predicted octanol–water partition coefficient (Wildman–Crippen LogP) is 4.36. The van der Waals surface area contributed by atoms with Gasteiger partial charge in [0.05, 0.1) is 0 Å². The molecule has 22 heavy (non-hydrogen) atoms. The fourth-order valence-electron chi connectivity index (χ4n) is 2.01. The smallest absolute Gasteiger partial charge is 0.410 e. The molecule has 1 atom stereocenters. The fraction of sp³-hybridized carbons (Fsp3) is 0.588. The summed E-state index contributed by atoms with van der Waals surface area (Å²) in [6.45, 7) is 11.7.